The molecule has 0 spiro atoms. The zero-order valence-corrected chi connectivity index (χ0v) is 10.6. The number of nitrogens with zero attached hydrogens (tertiary/aromatic N) is 1. The fraction of sp³-hybridized carbons (Fsp3) is 0.300. The monoisotopic (exact) mass is 319 g/mol. The molecule has 5 heteroatoms. The van der Waals surface area contributed by atoms with Gasteiger partial charge in [-0.2, -0.15) is 0 Å². The molecule has 4 nitrogen and oxygen atoms in total. The molecule has 15 heavy (non-hydrogen) atoms. The van der Waals surface area contributed by atoms with E-state index in [1.165, 1.54) is 0 Å². The fourth-order valence-corrected chi connectivity index (χ4v) is 1.78. The van der Waals surface area contributed by atoms with Gasteiger partial charge in [-0.3, -0.25) is 0 Å². The van der Waals surface area contributed by atoms with Gasteiger partial charge in [0.05, 0.1) is 6.04 Å². The summed E-state index contributed by atoms with van der Waals surface area (Å²) in [4.78, 5) is 0. The van der Waals surface area contributed by atoms with Crippen LogP contribution in [0.5, 0.6) is 0 Å². The first-order valence-electron chi connectivity index (χ1n) is 4.67. The Morgan fingerprint density at radius 1 is 1.67 bits per heavy atom. The minimum atomic E-state index is -0.131. The first-order chi connectivity index (χ1) is 7.17. The third-order valence-corrected chi connectivity index (χ3v) is 2.72. The lowest BCUT2D eigenvalue weighted by Gasteiger charge is -2.16. The van der Waals surface area contributed by atoms with E-state index in [0.29, 0.717) is 0 Å². The first-order valence-corrected chi connectivity index (χ1v) is 5.74. The van der Waals surface area contributed by atoms with E-state index in [9.17, 15) is 0 Å². The highest BCUT2D eigenvalue weighted by molar-refractivity contribution is 14.1. The molecule has 1 atom stereocenters. The van der Waals surface area contributed by atoms with E-state index in [2.05, 4.69) is 33.1 Å². The molecule has 0 aliphatic heterocycles. The van der Waals surface area contributed by atoms with Crippen LogP contribution < -0.4 is 11.1 Å². The van der Waals surface area contributed by atoms with Gasteiger partial charge in [0.2, 0.25) is 0 Å². The second kappa shape index (κ2) is 5.79. The number of oxime groups is 1. The molecule has 0 aromatic heterocycles. The predicted molar refractivity (Wildman–Crippen MR) is 70.3 cm³/mol. The number of rotatable bonds is 4. The lowest BCUT2D eigenvalue weighted by Crippen LogP contribution is -2.35. The molecule has 0 aliphatic carbocycles. The number of benzene rings is 1. The zero-order valence-electron chi connectivity index (χ0n) is 8.44. The maximum absolute atomic E-state index is 8.59. The lowest BCUT2D eigenvalue weighted by atomic mass is 10.2. The molecule has 0 saturated heterocycles. The van der Waals surface area contributed by atoms with Crippen LogP contribution in [0.25, 0.3) is 0 Å². The van der Waals surface area contributed by atoms with Crippen molar-refractivity contribution in [3.8, 4) is 0 Å². The third-order valence-electron chi connectivity index (χ3n) is 2.05. The Bertz CT molecular complexity index is 354. The molecule has 1 aromatic rings. The molecule has 0 amide bonds. The number of hydrogen-bond acceptors (Lipinski definition) is 3. The van der Waals surface area contributed by atoms with Crippen molar-refractivity contribution < 1.29 is 5.21 Å². The summed E-state index contributed by atoms with van der Waals surface area (Å²) in [5.74, 6) is 0.205. The number of amidine groups is 1. The number of anilines is 1. The Kier molecular flexibility index (Phi) is 4.67. The van der Waals surface area contributed by atoms with E-state index in [1.54, 1.807) is 0 Å². The fourth-order valence-electron chi connectivity index (χ4n) is 1.23. The van der Waals surface area contributed by atoms with Crippen LogP contribution in [0.4, 0.5) is 5.69 Å². The second-order valence-corrected chi connectivity index (χ2v) is 4.39. The van der Waals surface area contributed by atoms with Crippen molar-refractivity contribution >= 4 is 34.1 Å². The molecule has 0 aliphatic rings. The Labute approximate surface area is 103 Å². The Balaban J connectivity index is 2.75. The minimum absolute atomic E-state index is 0.131. The SMILES string of the molecule is CCC(Nc1cccc(I)c1)C(N)=NO. The molecule has 0 fully saturated rings. The summed E-state index contributed by atoms with van der Waals surface area (Å²) in [6.45, 7) is 1.98. The van der Waals surface area contributed by atoms with E-state index in [-0.39, 0.29) is 11.9 Å². The summed E-state index contributed by atoms with van der Waals surface area (Å²) in [6, 6.07) is 7.80. The number of nitrogens with one attached hydrogen (secondary N) is 1. The summed E-state index contributed by atoms with van der Waals surface area (Å²) in [6.07, 6.45) is 0.765. The van der Waals surface area contributed by atoms with Gasteiger partial charge >= 0.3 is 0 Å². The van der Waals surface area contributed by atoms with Crippen molar-refractivity contribution in [3.63, 3.8) is 0 Å². The van der Waals surface area contributed by atoms with Gasteiger partial charge in [0.15, 0.2) is 5.84 Å². The quantitative estimate of drug-likeness (QED) is 0.262. The second-order valence-electron chi connectivity index (χ2n) is 3.14. The van der Waals surface area contributed by atoms with Crippen LogP contribution in [0.1, 0.15) is 13.3 Å². The molecule has 1 unspecified atom stereocenters. The van der Waals surface area contributed by atoms with Gasteiger partial charge < -0.3 is 16.3 Å². The first kappa shape index (κ1) is 12.1. The maximum Gasteiger partial charge on any atom is 0.161 e. The molecule has 0 heterocycles. The number of nitrogens with two attached hydrogens (primary N) is 1. The molecule has 0 bridgehead atoms. The van der Waals surface area contributed by atoms with Crippen LogP contribution in [0, 0.1) is 3.57 Å². The molecular formula is C10H14IN3O. The highest BCUT2D eigenvalue weighted by Gasteiger charge is 2.10. The third kappa shape index (κ3) is 3.58. The van der Waals surface area contributed by atoms with Crippen LogP contribution in [0.15, 0.2) is 29.4 Å². The van der Waals surface area contributed by atoms with Crippen LogP contribution in [-0.2, 0) is 0 Å². The minimum Gasteiger partial charge on any atom is -0.409 e. The van der Waals surface area contributed by atoms with Gasteiger partial charge in [0.25, 0.3) is 0 Å². The molecule has 0 radical (unpaired) electrons. The van der Waals surface area contributed by atoms with Crippen molar-refractivity contribution in [1.29, 1.82) is 0 Å². The summed E-state index contributed by atoms with van der Waals surface area (Å²) in [5, 5.41) is 14.8. The highest BCUT2D eigenvalue weighted by Crippen LogP contribution is 2.14. The summed E-state index contributed by atoms with van der Waals surface area (Å²) >= 11 is 2.24. The van der Waals surface area contributed by atoms with Gasteiger partial charge in [-0.05, 0) is 47.2 Å². The average Bonchev–Trinajstić information content (AvgIpc) is 2.25. The van der Waals surface area contributed by atoms with Gasteiger partial charge in [0.1, 0.15) is 0 Å². The van der Waals surface area contributed by atoms with E-state index < -0.39 is 0 Å². The van der Waals surface area contributed by atoms with E-state index >= 15 is 0 Å². The van der Waals surface area contributed by atoms with Gasteiger partial charge in [0, 0.05) is 9.26 Å². The normalized spacial score (nSPS) is 13.6. The maximum atomic E-state index is 8.59. The Morgan fingerprint density at radius 3 is 2.93 bits per heavy atom. The van der Waals surface area contributed by atoms with Gasteiger partial charge in [-0.15, -0.1) is 0 Å². The van der Waals surface area contributed by atoms with Crippen molar-refractivity contribution in [2.24, 2.45) is 10.9 Å². The molecular weight excluding hydrogens is 305 g/mol. The molecule has 82 valence electrons. The zero-order chi connectivity index (χ0) is 11.3. The molecule has 0 saturated carbocycles. The number of hydrogen-bond donors (Lipinski definition) is 3. The Morgan fingerprint density at radius 2 is 2.40 bits per heavy atom. The summed E-state index contributed by atoms with van der Waals surface area (Å²) < 4.78 is 1.15. The predicted octanol–water partition coefficient (Wildman–Crippen LogP) is 2.23. The van der Waals surface area contributed by atoms with Crippen LogP contribution >= 0.6 is 22.6 Å². The van der Waals surface area contributed by atoms with Gasteiger partial charge in [-0.25, -0.2) is 0 Å². The summed E-state index contributed by atoms with van der Waals surface area (Å²) in [5.41, 5.74) is 6.52. The summed E-state index contributed by atoms with van der Waals surface area (Å²) in [7, 11) is 0. The lowest BCUT2D eigenvalue weighted by molar-refractivity contribution is 0.316. The number of halogens is 1. The molecule has 1 aromatic carbocycles. The molecule has 4 N–H and O–H groups in total. The van der Waals surface area contributed by atoms with Crippen molar-refractivity contribution in [3.05, 3.63) is 27.8 Å². The van der Waals surface area contributed by atoms with Crippen LogP contribution in [0.3, 0.4) is 0 Å². The molecule has 1 rings (SSSR count). The van der Waals surface area contributed by atoms with Crippen molar-refractivity contribution in [1.82, 2.24) is 0 Å². The highest BCUT2D eigenvalue weighted by atomic mass is 127. The van der Waals surface area contributed by atoms with E-state index in [0.717, 1.165) is 15.7 Å². The standard InChI is InChI=1S/C10H14IN3O/c1-2-9(10(12)14-15)13-8-5-3-4-7(11)6-8/h3-6,9,13,15H,2H2,1H3,(H2,12,14). The van der Waals surface area contributed by atoms with Crippen LogP contribution in [-0.4, -0.2) is 17.1 Å². The van der Waals surface area contributed by atoms with E-state index in [1.807, 2.05) is 31.2 Å². The average molecular weight is 319 g/mol. The van der Waals surface area contributed by atoms with Crippen LogP contribution in [0.2, 0.25) is 0 Å². The van der Waals surface area contributed by atoms with Crippen molar-refractivity contribution in [2.45, 2.75) is 19.4 Å². The smallest absolute Gasteiger partial charge is 0.161 e. The van der Waals surface area contributed by atoms with E-state index in [4.69, 9.17) is 10.9 Å². The largest absolute Gasteiger partial charge is 0.409 e. The topological polar surface area (TPSA) is 70.6 Å². The van der Waals surface area contributed by atoms with Gasteiger partial charge in [-0.1, -0.05) is 18.1 Å². The van der Waals surface area contributed by atoms with Crippen molar-refractivity contribution in [2.75, 3.05) is 5.32 Å². The Hall–Kier alpha value is -0.980.